The van der Waals surface area contributed by atoms with Crippen molar-refractivity contribution in [2.24, 2.45) is 11.8 Å². The smallest absolute Gasteiger partial charge is 0.271 e. The number of nitrogen functional groups attached to an aromatic ring is 1. The van der Waals surface area contributed by atoms with Crippen LogP contribution in [0.4, 0.5) is 5.82 Å². The standard InChI is InChI=1S/C13H19ClN4O/c1-8-4-2-3-5-10(8)16-13(19)12-9(14)6-7-11(17-12)18-15/h6-8,10H,2-5,15H2,1H3,(H,16,19)(H,17,18). The minimum atomic E-state index is -0.235. The lowest BCUT2D eigenvalue weighted by atomic mass is 9.86. The molecule has 0 bridgehead atoms. The second kappa shape index (κ2) is 6.21. The molecule has 6 heteroatoms. The summed E-state index contributed by atoms with van der Waals surface area (Å²) in [5, 5.41) is 3.36. The first-order valence-electron chi connectivity index (χ1n) is 6.56. The molecular formula is C13H19ClN4O. The van der Waals surface area contributed by atoms with Gasteiger partial charge in [0.2, 0.25) is 0 Å². The fourth-order valence-corrected chi connectivity index (χ4v) is 2.64. The van der Waals surface area contributed by atoms with Crippen LogP contribution in [0, 0.1) is 5.92 Å². The van der Waals surface area contributed by atoms with Crippen molar-refractivity contribution in [1.29, 1.82) is 0 Å². The van der Waals surface area contributed by atoms with E-state index in [1.54, 1.807) is 12.1 Å². The zero-order chi connectivity index (χ0) is 13.8. The number of carbonyl (C=O) groups excluding carboxylic acids is 1. The second-order valence-corrected chi connectivity index (χ2v) is 5.42. The fourth-order valence-electron chi connectivity index (χ4n) is 2.45. The Balaban J connectivity index is 2.10. The Morgan fingerprint density at radius 3 is 2.84 bits per heavy atom. The first-order chi connectivity index (χ1) is 9.11. The molecule has 0 aromatic carbocycles. The van der Waals surface area contributed by atoms with E-state index in [1.807, 2.05) is 0 Å². The number of carbonyl (C=O) groups is 1. The van der Waals surface area contributed by atoms with Gasteiger partial charge in [0.15, 0.2) is 0 Å². The van der Waals surface area contributed by atoms with Crippen LogP contribution in [0.2, 0.25) is 5.02 Å². The van der Waals surface area contributed by atoms with E-state index in [4.69, 9.17) is 17.4 Å². The molecule has 1 fully saturated rings. The summed E-state index contributed by atoms with van der Waals surface area (Å²) in [5.41, 5.74) is 2.63. The number of aromatic nitrogens is 1. The van der Waals surface area contributed by atoms with Crippen LogP contribution in [-0.4, -0.2) is 16.9 Å². The van der Waals surface area contributed by atoms with Gasteiger partial charge in [-0.25, -0.2) is 10.8 Å². The molecule has 1 aliphatic carbocycles. The summed E-state index contributed by atoms with van der Waals surface area (Å²) in [6, 6.07) is 3.44. The molecule has 0 saturated heterocycles. The Hall–Kier alpha value is -1.33. The topological polar surface area (TPSA) is 80.0 Å². The SMILES string of the molecule is CC1CCCCC1NC(=O)c1nc(NN)ccc1Cl. The largest absolute Gasteiger partial charge is 0.348 e. The average molecular weight is 283 g/mol. The number of anilines is 1. The van der Waals surface area contributed by atoms with Crippen LogP contribution in [0.25, 0.3) is 0 Å². The van der Waals surface area contributed by atoms with Gasteiger partial charge in [-0.15, -0.1) is 0 Å². The van der Waals surface area contributed by atoms with Crippen LogP contribution in [0.15, 0.2) is 12.1 Å². The zero-order valence-electron chi connectivity index (χ0n) is 10.9. The molecule has 0 aliphatic heterocycles. The highest BCUT2D eigenvalue weighted by Crippen LogP contribution is 2.24. The molecule has 1 aliphatic rings. The van der Waals surface area contributed by atoms with Gasteiger partial charge >= 0.3 is 0 Å². The van der Waals surface area contributed by atoms with E-state index < -0.39 is 0 Å². The van der Waals surface area contributed by atoms with Gasteiger partial charge in [0.25, 0.3) is 5.91 Å². The first kappa shape index (κ1) is 14.1. The fraction of sp³-hybridized carbons (Fsp3) is 0.538. The number of rotatable bonds is 3. The van der Waals surface area contributed by atoms with Gasteiger partial charge in [-0.3, -0.25) is 4.79 Å². The minimum absolute atomic E-state index is 0.202. The Morgan fingerprint density at radius 2 is 2.16 bits per heavy atom. The van der Waals surface area contributed by atoms with E-state index in [9.17, 15) is 4.79 Å². The molecule has 0 spiro atoms. The summed E-state index contributed by atoms with van der Waals surface area (Å²) in [5.74, 6) is 5.97. The van der Waals surface area contributed by atoms with Crippen LogP contribution in [0.3, 0.4) is 0 Å². The summed E-state index contributed by atoms with van der Waals surface area (Å²) >= 11 is 6.01. The maximum atomic E-state index is 12.2. The van der Waals surface area contributed by atoms with E-state index in [2.05, 4.69) is 22.7 Å². The molecule has 0 radical (unpaired) electrons. The number of nitrogens with one attached hydrogen (secondary N) is 2. The van der Waals surface area contributed by atoms with Crippen molar-refractivity contribution in [2.45, 2.75) is 38.6 Å². The number of hydrazine groups is 1. The Kier molecular flexibility index (Phi) is 4.61. The molecular weight excluding hydrogens is 264 g/mol. The molecule has 1 aromatic heterocycles. The number of pyridine rings is 1. The van der Waals surface area contributed by atoms with Gasteiger partial charge in [0.1, 0.15) is 11.5 Å². The molecule has 1 saturated carbocycles. The second-order valence-electron chi connectivity index (χ2n) is 5.01. The average Bonchev–Trinajstić information content (AvgIpc) is 2.42. The van der Waals surface area contributed by atoms with Gasteiger partial charge in [0, 0.05) is 6.04 Å². The monoisotopic (exact) mass is 282 g/mol. The van der Waals surface area contributed by atoms with Crippen molar-refractivity contribution in [3.05, 3.63) is 22.8 Å². The number of hydrogen-bond donors (Lipinski definition) is 3. The van der Waals surface area contributed by atoms with E-state index in [0.29, 0.717) is 16.8 Å². The molecule has 1 aromatic rings. The summed E-state index contributed by atoms with van der Waals surface area (Å²) in [4.78, 5) is 16.3. The summed E-state index contributed by atoms with van der Waals surface area (Å²) in [6.45, 7) is 2.16. The van der Waals surface area contributed by atoms with E-state index in [1.165, 1.54) is 6.42 Å². The molecule has 2 rings (SSSR count). The lowest BCUT2D eigenvalue weighted by Crippen LogP contribution is -2.41. The van der Waals surface area contributed by atoms with E-state index in [0.717, 1.165) is 19.3 Å². The first-order valence-corrected chi connectivity index (χ1v) is 6.93. The molecule has 19 heavy (non-hydrogen) atoms. The highest BCUT2D eigenvalue weighted by Gasteiger charge is 2.24. The molecule has 2 atom stereocenters. The third-order valence-electron chi connectivity index (χ3n) is 3.64. The van der Waals surface area contributed by atoms with Crippen molar-refractivity contribution in [3.8, 4) is 0 Å². The maximum Gasteiger partial charge on any atom is 0.271 e. The molecule has 104 valence electrons. The van der Waals surface area contributed by atoms with Gasteiger partial charge in [-0.1, -0.05) is 31.4 Å². The summed E-state index contributed by atoms with van der Waals surface area (Å²) in [6.07, 6.45) is 4.55. The molecule has 5 nitrogen and oxygen atoms in total. The summed E-state index contributed by atoms with van der Waals surface area (Å²) in [7, 11) is 0. The Labute approximate surface area is 117 Å². The number of halogens is 1. The van der Waals surface area contributed by atoms with Gasteiger partial charge in [0.05, 0.1) is 5.02 Å². The summed E-state index contributed by atoms with van der Waals surface area (Å²) < 4.78 is 0. The minimum Gasteiger partial charge on any atom is -0.348 e. The lowest BCUT2D eigenvalue weighted by Gasteiger charge is -2.29. The zero-order valence-corrected chi connectivity index (χ0v) is 11.7. The van der Waals surface area contributed by atoms with Crippen LogP contribution in [0.5, 0.6) is 0 Å². The van der Waals surface area contributed by atoms with Gasteiger partial charge in [-0.05, 0) is 30.9 Å². The predicted octanol–water partition coefficient (Wildman–Crippen LogP) is 2.33. The normalized spacial score (nSPS) is 22.9. The van der Waals surface area contributed by atoms with Crippen LogP contribution >= 0.6 is 11.6 Å². The van der Waals surface area contributed by atoms with Crippen LogP contribution < -0.4 is 16.6 Å². The van der Waals surface area contributed by atoms with E-state index in [-0.39, 0.29) is 17.6 Å². The number of amides is 1. The highest BCUT2D eigenvalue weighted by atomic mass is 35.5. The van der Waals surface area contributed by atoms with Crippen molar-refractivity contribution < 1.29 is 4.79 Å². The van der Waals surface area contributed by atoms with Crippen molar-refractivity contribution in [2.75, 3.05) is 5.43 Å². The van der Waals surface area contributed by atoms with Crippen molar-refractivity contribution in [3.63, 3.8) is 0 Å². The molecule has 2 unspecified atom stereocenters. The Morgan fingerprint density at radius 1 is 1.42 bits per heavy atom. The van der Waals surface area contributed by atoms with Crippen molar-refractivity contribution >= 4 is 23.3 Å². The van der Waals surface area contributed by atoms with Crippen molar-refractivity contribution in [1.82, 2.24) is 10.3 Å². The Bertz CT molecular complexity index is 466. The molecule has 4 N–H and O–H groups in total. The predicted molar refractivity (Wildman–Crippen MR) is 75.9 cm³/mol. The third-order valence-corrected chi connectivity index (χ3v) is 3.94. The third kappa shape index (κ3) is 3.36. The van der Waals surface area contributed by atoms with Gasteiger partial charge < -0.3 is 10.7 Å². The number of hydrogen-bond acceptors (Lipinski definition) is 4. The molecule has 1 heterocycles. The lowest BCUT2D eigenvalue weighted by molar-refractivity contribution is 0.0905. The van der Waals surface area contributed by atoms with Crippen LogP contribution in [-0.2, 0) is 0 Å². The number of nitrogens with two attached hydrogens (primary N) is 1. The highest BCUT2D eigenvalue weighted by molar-refractivity contribution is 6.33. The molecule has 1 amide bonds. The van der Waals surface area contributed by atoms with Crippen LogP contribution in [0.1, 0.15) is 43.1 Å². The quantitative estimate of drug-likeness (QED) is 0.587. The van der Waals surface area contributed by atoms with E-state index >= 15 is 0 Å². The maximum absolute atomic E-state index is 12.2. The van der Waals surface area contributed by atoms with Gasteiger partial charge in [-0.2, -0.15) is 0 Å². The number of nitrogens with zero attached hydrogens (tertiary/aromatic N) is 1.